The van der Waals surface area contributed by atoms with Crippen LogP contribution in [0.15, 0.2) is 59.5 Å². The molecule has 4 N–H and O–H groups in total. The van der Waals surface area contributed by atoms with E-state index in [2.05, 4.69) is 43.0 Å². The van der Waals surface area contributed by atoms with Crippen molar-refractivity contribution in [2.75, 3.05) is 26.2 Å². The third kappa shape index (κ3) is 6.75. The minimum absolute atomic E-state index is 0.0992. The fourth-order valence-electron chi connectivity index (χ4n) is 4.85. The second-order valence-electron chi connectivity index (χ2n) is 10.2. The second kappa shape index (κ2) is 11.9. The van der Waals surface area contributed by atoms with E-state index in [1.165, 1.54) is 29.8 Å². The Labute approximate surface area is 221 Å². The Bertz CT molecular complexity index is 1190. The monoisotopic (exact) mass is 552 g/mol. The Morgan fingerprint density at radius 2 is 1.37 bits per heavy atom. The lowest BCUT2D eigenvalue weighted by atomic mass is 9.64. The van der Waals surface area contributed by atoms with E-state index in [4.69, 9.17) is 20.4 Å². The van der Waals surface area contributed by atoms with Gasteiger partial charge in [-0.05, 0) is 47.1 Å². The first kappa shape index (κ1) is 29.7. The molecule has 4 atom stereocenters. The summed E-state index contributed by atoms with van der Waals surface area (Å²) in [6.45, 7) is 8.22. The zero-order valence-corrected chi connectivity index (χ0v) is 22.0. The third-order valence-electron chi connectivity index (χ3n) is 7.42. The van der Waals surface area contributed by atoms with Crippen LogP contribution in [0.3, 0.4) is 0 Å². The summed E-state index contributed by atoms with van der Waals surface area (Å²) >= 11 is 0. The highest BCUT2D eigenvalue weighted by Crippen LogP contribution is 2.45. The van der Waals surface area contributed by atoms with Crippen LogP contribution < -0.4 is 0 Å². The van der Waals surface area contributed by atoms with Gasteiger partial charge in [-0.3, -0.25) is 4.90 Å². The number of aliphatic hydroxyl groups is 2. The van der Waals surface area contributed by atoms with Crippen LogP contribution in [0.5, 0.6) is 0 Å². The van der Waals surface area contributed by atoms with Crippen LogP contribution in [0.2, 0.25) is 0 Å². The van der Waals surface area contributed by atoms with Gasteiger partial charge in [-0.15, -0.1) is 0 Å². The number of piperidine rings is 2. The Balaban J connectivity index is 0.000000342. The second-order valence-corrected chi connectivity index (χ2v) is 12.2. The maximum absolute atomic E-state index is 13.2. The quantitative estimate of drug-likeness (QED) is 0.400. The molecule has 10 nitrogen and oxygen atoms in total. The molecule has 2 unspecified atom stereocenters. The number of sulfonamides is 1. The molecule has 38 heavy (non-hydrogen) atoms. The van der Waals surface area contributed by atoms with Gasteiger partial charge in [0.05, 0.1) is 4.90 Å². The summed E-state index contributed by atoms with van der Waals surface area (Å²) in [6.07, 6.45) is -4.53. The summed E-state index contributed by atoms with van der Waals surface area (Å²) in [5.41, 5.74) is 1.39. The lowest BCUT2D eigenvalue weighted by molar-refractivity contribution is -0.165. The molecule has 0 radical (unpaired) electrons. The lowest BCUT2D eigenvalue weighted by Gasteiger charge is -2.55. The maximum Gasteiger partial charge on any atom is 0.335 e. The van der Waals surface area contributed by atoms with Crippen molar-refractivity contribution in [2.45, 2.75) is 37.5 Å². The number of carboxylic acids is 2. The molecule has 2 aliphatic heterocycles. The van der Waals surface area contributed by atoms with E-state index in [-0.39, 0.29) is 22.1 Å². The predicted molar refractivity (Wildman–Crippen MR) is 135 cm³/mol. The van der Waals surface area contributed by atoms with Gasteiger partial charge in [-0.1, -0.05) is 44.2 Å². The van der Waals surface area contributed by atoms with Gasteiger partial charge in [0.25, 0.3) is 0 Å². The molecule has 2 heterocycles. The first-order valence-electron chi connectivity index (χ1n) is 12.1. The molecule has 2 aliphatic rings. The molecule has 2 fully saturated rings. The highest BCUT2D eigenvalue weighted by molar-refractivity contribution is 7.89. The van der Waals surface area contributed by atoms with Gasteiger partial charge < -0.3 is 20.4 Å². The van der Waals surface area contributed by atoms with Crippen molar-refractivity contribution in [3.05, 3.63) is 66.0 Å². The molecule has 0 amide bonds. The molecule has 0 saturated carbocycles. The van der Waals surface area contributed by atoms with Gasteiger partial charge in [0.15, 0.2) is 12.2 Å². The number of rotatable bonds is 7. The van der Waals surface area contributed by atoms with Crippen LogP contribution in [0, 0.1) is 23.1 Å². The predicted octanol–water partition coefficient (Wildman–Crippen LogP) is 1.48. The molecule has 208 valence electrons. The first-order chi connectivity index (χ1) is 17.7. The lowest BCUT2D eigenvalue weighted by Crippen LogP contribution is -2.61. The number of aliphatic hydroxyl groups excluding tert-OH is 2. The summed E-state index contributed by atoms with van der Waals surface area (Å²) in [4.78, 5) is 22.2. The molecule has 12 heteroatoms. The normalized spacial score (nSPS) is 23.0. The molecule has 0 aromatic heterocycles. The number of benzene rings is 2. The Kier molecular flexibility index (Phi) is 9.26. The van der Waals surface area contributed by atoms with E-state index in [0.717, 1.165) is 19.6 Å². The van der Waals surface area contributed by atoms with Crippen molar-refractivity contribution in [1.82, 2.24) is 9.21 Å². The molecule has 0 aliphatic carbocycles. The molecular weight excluding hydrogens is 519 g/mol. The van der Waals surface area contributed by atoms with E-state index < -0.39 is 40.0 Å². The number of nitrogens with zero attached hydrogens (tertiary/aromatic N) is 2. The standard InChI is InChI=1S/C22H27FN2O2S.C4H6O6/c1-22(2)18-13-24(12-17-6-4-3-5-7-17)14-19(22)16-25(15-18)28(26,27)21-10-8-20(23)9-11-21;5-1(3(7)8)2(6)4(9)10/h3-11,18-19H,12-16H2,1-2H3;1-2,5-6H,(H,7,8)(H,9,10)/t;1-,2-/m.1/s1. The number of hydrogen-bond donors (Lipinski definition) is 4. The van der Waals surface area contributed by atoms with Crippen LogP contribution in [0.1, 0.15) is 19.4 Å². The van der Waals surface area contributed by atoms with Crippen molar-refractivity contribution in [3.63, 3.8) is 0 Å². The average Bonchev–Trinajstić information content (AvgIpc) is 2.84. The highest BCUT2D eigenvalue weighted by atomic mass is 32.2. The molecule has 2 aromatic carbocycles. The number of likely N-dealkylation sites (tertiary alicyclic amines) is 1. The number of fused-ring (bicyclic) bond motifs is 2. The number of hydrogen-bond acceptors (Lipinski definition) is 7. The van der Waals surface area contributed by atoms with E-state index in [9.17, 15) is 22.4 Å². The molecule has 0 spiro atoms. The zero-order valence-electron chi connectivity index (χ0n) is 21.1. The largest absolute Gasteiger partial charge is 0.479 e. The molecule has 2 aromatic rings. The van der Waals surface area contributed by atoms with Crippen LogP contribution in [0.4, 0.5) is 4.39 Å². The van der Waals surface area contributed by atoms with Gasteiger partial charge in [0.2, 0.25) is 10.0 Å². The fraction of sp³-hybridized carbons (Fsp3) is 0.462. The van der Waals surface area contributed by atoms with Gasteiger partial charge in [0, 0.05) is 32.7 Å². The van der Waals surface area contributed by atoms with Crippen molar-refractivity contribution in [3.8, 4) is 0 Å². The summed E-state index contributed by atoms with van der Waals surface area (Å²) < 4.78 is 41.0. The Morgan fingerprint density at radius 3 is 1.82 bits per heavy atom. The van der Waals surface area contributed by atoms with Crippen molar-refractivity contribution < 1.29 is 42.8 Å². The van der Waals surface area contributed by atoms with Crippen molar-refractivity contribution in [2.24, 2.45) is 17.3 Å². The average molecular weight is 553 g/mol. The summed E-state index contributed by atoms with van der Waals surface area (Å²) in [6, 6.07) is 15.6. The minimum atomic E-state index is -3.60. The molecule has 2 bridgehead atoms. The highest BCUT2D eigenvalue weighted by Gasteiger charge is 2.50. The summed E-state index contributed by atoms with van der Waals surface area (Å²) in [7, 11) is -3.60. The smallest absolute Gasteiger partial charge is 0.335 e. The summed E-state index contributed by atoms with van der Waals surface area (Å²) in [5, 5.41) is 32.5. The Hall–Kier alpha value is -2.90. The van der Waals surface area contributed by atoms with Crippen LogP contribution >= 0.6 is 0 Å². The topological polar surface area (TPSA) is 156 Å². The van der Waals surface area contributed by atoms with Crippen molar-refractivity contribution in [1.29, 1.82) is 0 Å². The zero-order chi connectivity index (χ0) is 28.3. The number of carboxylic acid groups (broad SMARTS) is 2. The third-order valence-corrected chi connectivity index (χ3v) is 9.26. The van der Waals surface area contributed by atoms with E-state index in [0.29, 0.717) is 13.1 Å². The number of carbonyl (C=O) groups is 2. The molecular formula is C26H33FN2O8S. The van der Waals surface area contributed by atoms with Gasteiger partial charge >= 0.3 is 11.9 Å². The van der Waals surface area contributed by atoms with E-state index in [1.807, 2.05) is 6.07 Å². The Morgan fingerprint density at radius 1 is 0.895 bits per heavy atom. The minimum Gasteiger partial charge on any atom is -0.479 e. The summed E-state index contributed by atoms with van der Waals surface area (Å²) in [5.74, 6) is -3.44. The first-order valence-corrected chi connectivity index (χ1v) is 13.5. The van der Waals surface area contributed by atoms with Gasteiger partial charge in [0.1, 0.15) is 5.82 Å². The molecule has 4 rings (SSSR count). The number of aliphatic carboxylic acids is 2. The van der Waals surface area contributed by atoms with Gasteiger partial charge in [-0.25, -0.2) is 22.4 Å². The van der Waals surface area contributed by atoms with Crippen LogP contribution in [-0.2, 0) is 26.2 Å². The molecule has 2 saturated heterocycles. The van der Waals surface area contributed by atoms with Gasteiger partial charge in [-0.2, -0.15) is 4.31 Å². The van der Waals surface area contributed by atoms with E-state index >= 15 is 0 Å². The maximum atomic E-state index is 13.2. The SMILES string of the molecule is CC1(C)C2CN(Cc3ccccc3)CC1CN(S(=O)(=O)c1ccc(F)cc1)C2.O=C(O)[C@H](O)[C@@H](O)C(=O)O. The van der Waals surface area contributed by atoms with Crippen molar-refractivity contribution >= 4 is 22.0 Å². The fourth-order valence-corrected chi connectivity index (χ4v) is 6.38. The number of halogens is 1. The van der Waals surface area contributed by atoms with Crippen LogP contribution in [0.25, 0.3) is 0 Å². The van der Waals surface area contributed by atoms with Crippen LogP contribution in [-0.4, -0.2) is 88.4 Å². The van der Waals surface area contributed by atoms with E-state index in [1.54, 1.807) is 4.31 Å².